The molecule has 3 rings (SSSR count). The molecule has 13 nitrogen and oxygen atoms in total. The van der Waals surface area contributed by atoms with E-state index in [1.165, 1.54) is 21.7 Å². The van der Waals surface area contributed by atoms with Gasteiger partial charge in [-0.05, 0) is 84.2 Å². The normalized spacial score (nSPS) is 13.5. The van der Waals surface area contributed by atoms with E-state index in [4.69, 9.17) is 26.5 Å². The second-order valence-corrected chi connectivity index (χ2v) is 20.9. The van der Waals surface area contributed by atoms with Gasteiger partial charge in [0.25, 0.3) is 5.91 Å². The molecule has 286 valence electrons. The molecule has 52 heavy (non-hydrogen) atoms. The van der Waals surface area contributed by atoms with Crippen LogP contribution in [0.5, 0.6) is 0 Å². The molecule has 1 aromatic heterocycles. The summed E-state index contributed by atoms with van der Waals surface area (Å²) in [6.07, 6.45) is -0.691. The first kappa shape index (κ1) is 42.4. The van der Waals surface area contributed by atoms with Crippen LogP contribution >= 0.6 is 11.6 Å². The minimum Gasteiger partial charge on any atom is -0.444 e. The molecule has 0 saturated heterocycles. The van der Waals surface area contributed by atoms with Crippen LogP contribution < -0.4 is 16.4 Å². The fraction of sp³-hybridized carbons (Fsp3) is 0.528. The number of nitrogens with zero attached hydrogens (tertiary/aromatic N) is 4. The molecule has 2 aromatic carbocycles. The smallest absolute Gasteiger partial charge is 0.412 e. The van der Waals surface area contributed by atoms with Crippen LogP contribution in [0, 0.1) is 5.82 Å². The molecule has 0 spiro atoms. The number of halogens is 2. The largest absolute Gasteiger partial charge is 0.444 e. The lowest BCUT2D eigenvalue weighted by atomic mass is 10.1. The number of aromatic nitrogens is 2. The predicted octanol–water partition coefficient (Wildman–Crippen LogP) is 5.93. The number of nitrogens with one attached hydrogen (secondary N) is 2. The minimum absolute atomic E-state index is 0.0711. The SMILES string of the molecule is C[C@H](CO[Si](C)(C)C(C)(C)C)N(CC(=O)N[C@H](CN(C)C)c1cccc(Cl)c1F)C(=O)Cn1nc(C(N)=O)c2cc(NC(=O)OC(C)(C)C)ccc21. The van der Waals surface area contributed by atoms with Gasteiger partial charge in [0.15, 0.2) is 14.0 Å². The number of rotatable bonds is 14. The first-order valence-electron chi connectivity index (χ1n) is 17.0. The predicted molar refractivity (Wildman–Crippen MR) is 203 cm³/mol. The highest BCUT2D eigenvalue weighted by Gasteiger charge is 2.38. The molecule has 0 aliphatic carbocycles. The van der Waals surface area contributed by atoms with Crippen molar-refractivity contribution in [3.63, 3.8) is 0 Å². The quantitative estimate of drug-likeness (QED) is 0.170. The van der Waals surface area contributed by atoms with E-state index in [-0.39, 0.29) is 47.6 Å². The van der Waals surface area contributed by atoms with Gasteiger partial charge in [-0.1, -0.05) is 44.5 Å². The first-order chi connectivity index (χ1) is 23.9. The highest BCUT2D eigenvalue weighted by Crippen LogP contribution is 2.36. The number of amides is 4. The number of nitrogens with two attached hydrogens (primary N) is 1. The number of hydrogen-bond acceptors (Lipinski definition) is 8. The molecular weight excluding hydrogens is 709 g/mol. The van der Waals surface area contributed by atoms with E-state index in [0.717, 1.165) is 0 Å². The van der Waals surface area contributed by atoms with Crippen LogP contribution in [-0.2, 0) is 25.3 Å². The third-order valence-electron chi connectivity index (χ3n) is 8.81. The standard InChI is InChI=1S/C36H53ClFN7O6Si/c1-22(21-50-52(10,11)36(5,6)7)44(19-29(46)41-27(18-43(8)9)24-13-12-14-26(37)31(24)38)30(47)20-45-28-16-15-23(40-34(49)51-35(2,3)4)17-25(28)32(42-45)33(39)48/h12-17,22,27H,18-21H2,1-11H3,(H2,39,48)(H,40,49)(H,41,46)/t22-,27-/m1/s1. The number of carbonyl (C=O) groups excluding carboxylic acids is 4. The summed E-state index contributed by atoms with van der Waals surface area (Å²) in [4.78, 5) is 55.9. The van der Waals surface area contributed by atoms with Crippen molar-refractivity contribution in [1.29, 1.82) is 0 Å². The van der Waals surface area contributed by atoms with Crippen molar-refractivity contribution in [3.8, 4) is 0 Å². The third kappa shape index (κ3) is 11.2. The average Bonchev–Trinajstić information content (AvgIpc) is 3.35. The number of primary amides is 1. The summed E-state index contributed by atoms with van der Waals surface area (Å²) in [5.41, 5.74) is 5.77. The molecule has 4 N–H and O–H groups in total. The topological polar surface area (TPSA) is 161 Å². The van der Waals surface area contributed by atoms with Gasteiger partial charge in [0.2, 0.25) is 11.8 Å². The van der Waals surface area contributed by atoms with Crippen molar-refractivity contribution in [2.24, 2.45) is 5.73 Å². The van der Waals surface area contributed by atoms with Crippen LogP contribution in [0.1, 0.15) is 70.6 Å². The fourth-order valence-corrected chi connectivity index (χ4v) is 6.37. The molecule has 0 bridgehead atoms. The summed E-state index contributed by atoms with van der Waals surface area (Å²) < 4.78 is 28.2. The van der Waals surface area contributed by atoms with E-state index < -0.39 is 55.6 Å². The van der Waals surface area contributed by atoms with Crippen LogP contribution in [0.4, 0.5) is 14.9 Å². The Kier molecular flexibility index (Phi) is 13.6. The van der Waals surface area contributed by atoms with Crippen LogP contribution in [0.2, 0.25) is 23.2 Å². The van der Waals surface area contributed by atoms with Crippen LogP contribution in [0.3, 0.4) is 0 Å². The summed E-state index contributed by atoms with van der Waals surface area (Å²) >= 11 is 6.07. The Hall–Kier alpha value is -4.05. The monoisotopic (exact) mass is 761 g/mol. The Morgan fingerprint density at radius 1 is 1.08 bits per heavy atom. The molecule has 4 amide bonds. The van der Waals surface area contributed by atoms with Crippen molar-refractivity contribution >= 4 is 60.3 Å². The van der Waals surface area contributed by atoms with Crippen LogP contribution in [0.25, 0.3) is 10.9 Å². The number of anilines is 1. The van der Waals surface area contributed by atoms with Gasteiger partial charge in [-0.15, -0.1) is 0 Å². The molecule has 0 unspecified atom stereocenters. The zero-order valence-corrected chi connectivity index (χ0v) is 33.8. The second-order valence-electron chi connectivity index (χ2n) is 15.7. The Morgan fingerprint density at radius 3 is 2.31 bits per heavy atom. The van der Waals surface area contributed by atoms with E-state index >= 15 is 4.39 Å². The lowest BCUT2D eigenvalue weighted by Gasteiger charge is -2.38. The van der Waals surface area contributed by atoms with Gasteiger partial charge in [-0.25, -0.2) is 9.18 Å². The van der Waals surface area contributed by atoms with Crippen LogP contribution in [-0.4, -0.2) is 97.1 Å². The Bertz CT molecular complexity index is 1790. The van der Waals surface area contributed by atoms with E-state index in [2.05, 4.69) is 49.6 Å². The average molecular weight is 762 g/mol. The Labute approximate surface area is 311 Å². The minimum atomic E-state index is -2.25. The number of carbonyl (C=O) groups is 4. The number of likely N-dealkylation sites (N-methyl/N-ethyl adjacent to an activating group) is 1. The van der Waals surface area contributed by atoms with Crippen molar-refractivity contribution in [2.75, 3.05) is 39.1 Å². The molecular formula is C36H53ClFN7O6Si. The molecule has 2 atom stereocenters. The molecule has 0 radical (unpaired) electrons. The zero-order valence-electron chi connectivity index (χ0n) is 32.0. The van der Waals surface area contributed by atoms with Gasteiger partial charge in [0.1, 0.15) is 18.0 Å². The number of benzene rings is 2. The highest BCUT2D eigenvalue weighted by molar-refractivity contribution is 6.74. The van der Waals surface area contributed by atoms with Gasteiger partial charge >= 0.3 is 6.09 Å². The molecule has 0 fully saturated rings. The summed E-state index contributed by atoms with van der Waals surface area (Å²) in [6.45, 7) is 17.2. The van der Waals surface area contributed by atoms with E-state index in [9.17, 15) is 19.2 Å². The molecule has 0 aliphatic heterocycles. The maximum Gasteiger partial charge on any atom is 0.412 e. The maximum absolute atomic E-state index is 15.1. The molecule has 0 aliphatic rings. The van der Waals surface area contributed by atoms with E-state index in [1.807, 2.05) is 0 Å². The van der Waals surface area contributed by atoms with E-state index in [0.29, 0.717) is 16.6 Å². The number of fused-ring (bicyclic) bond motifs is 1. The van der Waals surface area contributed by atoms with Crippen molar-refractivity contribution in [2.45, 2.75) is 90.8 Å². The van der Waals surface area contributed by atoms with Crippen molar-refractivity contribution in [3.05, 3.63) is 58.5 Å². The second kappa shape index (κ2) is 16.7. The van der Waals surface area contributed by atoms with Crippen molar-refractivity contribution < 1.29 is 32.7 Å². The lowest BCUT2D eigenvalue weighted by Crippen LogP contribution is -2.51. The summed E-state index contributed by atoms with van der Waals surface area (Å²) in [5, 5.41) is 10.0. The summed E-state index contributed by atoms with van der Waals surface area (Å²) in [7, 11) is 1.34. The van der Waals surface area contributed by atoms with Gasteiger partial charge in [-0.3, -0.25) is 24.4 Å². The molecule has 1 heterocycles. The molecule has 16 heteroatoms. The lowest BCUT2D eigenvalue weighted by molar-refractivity contribution is -0.139. The number of ether oxygens (including phenoxy) is 1. The Balaban J connectivity index is 1.96. The summed E-state index contributed by atoms with van der Waals surface area (Å²) in [6, 6.07) is 7.97. The fourth-order valence-electron chi connectivity index (χ4n) is 5.10. The van der Waals surface area contributed by atoms with Gasteiger partial charge in [0.05, 0.1) is 35.8 Å². The van der Waals surface area contributed by atoms with E-state index in [1.54, 1.807) is 71.0 Å². The zero-order chi connectivity index (χ0) is 39.3. The van der Waals surface area contributed by atoms with Crippen LogP contribution in [0.15, 0.2) is 36.4 Å². The first-order valence-corrected chi connectivity index (χ1v) is 20.3. The van der Waals surface area contributed by atoms with Crippen molar-refractivity contribution in [1.82, 2.24) is 24.9 Å². The highest BCUT2D eigenvalue weighted by atomic mass is 35.5. The van der Waals surface area contributed by atoms with Gasteiger partial charge in [-0.2, -0.15) is 5.10 Å². The Morgan fingerprint density at radius 2 is 1.73 bits per heavy atom. The molecule has 3 aromatic rings. The molecule has 0 saturated carbocycles. The van der Waals surface area contributed by atoms with Gasteiger partial charge in [0, 0.05) is 23.2 Å². The maximum atomic E-state index is 15.1. The van der Waals surface area contributed by atoms with Gasteiger partial charge < -0.3 is 30.0 Å². The number of hydrogen-bond donors (Lipinski definition) is 3. The summed E-state index contributed by atoms with van der Waals surface area (Å²) in [5.74, 6) is -2.49. The third-order valence-corrected chi connectivity index (χ3v) is 13.6.